The first-order valence-corrected chi connectivity index (χ1v) is 8.88. The molecule has 0 saturated carbocycles. The Bertz CT molecular complexity index is 398. The van der Waals surface area contributed by atoms with E-state index >= 15 is 0 Å². The van der Waals surface area contributed by atoms with Gasteiger partial charge in [0.1, 0.15) is 0 Å². The Hall–Kier alpha value is -0.810. The number of rotatable bonds is 2. The summed E-state index contributed by atoms with van der Waals surface area (Å²) < 4.78 is 0. The number of carbonyl (C=O) groups excluding carboxylic acids is 1. The first-order chi connectivity index (χ1) is 9.27. The standard InChI is InChI=1S/C14H20N2OS2/c15-14(17)12-4-6-13(7-5-12)16-10-18-8-2-1-3-9-19-11-16/h4-7H,1-3,8-11H2,(H2,15,17). The van der Waals surface area contributed by atoms with E-state index in [4.69, 9.17) is 5.73 Å². The zero-order valence-electron chi connectivity index (χ0n) is 11.0. The van der Waals surface area contributed by atoms with E-state index in [0.29, 0.717) is 5.56 Å². The summed E-state index contributed by atoms with van der Waals surface area (Å²) in [4.78, 5) is 13.4. The highest BCUT2D eigenvalue weighted by atomic mass is 32.2. The molecule has 0 radical (unpaired) electrons. The van der Waals surface area contributed by atoms with Gasteiger partial charge in [0, 0.05) is 11.3 Å². The second-order valence-electron chi connectivity index (χ2n) is 4.59. The molecule has 0 aromatic heterocycles. The molecule has 1 aliphatic rings. The van der Waals surface area contributed by atoms with Crippen molar-refractivity contribution in [1.82, 2.24) is 0 Å². The summed E-state index contributed by atoms with van der Waals surface area (Å²) in [6.07, 6.45) is 3.99. The Morgan fingerprint density at radius 2 is 1.58 bits per heavy atom. The number of hydrogen-bond acceptors (Lipinski definition) is 4. The Kier molecular flexibility index (Phi) is 5.92. The maximum atomic E-state index is 11.1. The minimum Gasteiger partial charge on any atom is -0.366 e. The van der Waals surface area contributed by atoms with Crippen molar-refractivity contribution in [2.45, 2.75) is 19.3 Å². The van der Waals surface area contributed by atoms with Gasteiger partial charge >= 0.3 is 0 Å². The van der Waals surface area contributed by atoms with Crippen molar-refractivity contribution in [2.75, 3.05) is 28.2 Å². The minimum absolute atomic E-state index is 0.365. The van der Waals surface area contributed by atoms with Crippen LogP contribution >= 0.6 is 23.5 Å². The molecule has 1 heterocycles. The molecule has 1 fully saturated rings. The van der Waals surface area contributed by atoms with Gasteiger partial charge in [-0.1, -0.05) is 6.42 Å². The van der Waals surface area contributed by atoms with Crippen LogP contribution in [0.15, 0.2) is 24.3 Å². The maximum absolute atomic E-state index is 11.1. The highest BCUT2D eigenvalue weighted by Crippen LogP contribution is 2.23. The Morgan fingerprint density at radius 3 is 2.11 bits per heavy atom. The van der Waals surface area contributed by atoms with Gasteiger partial charge in [-0.15, -0.1) is 23.5 Å². The van der Waals surface area contributed by atoms with Gasteiger partial charge in [0.15, 0.2) is 0 Å². The molecule has 0 bridgehead atoms. The third kappa shape index (κ3) is 4.66. The molecular formula is C14H20N2OS2. The maximum Gasteiger partial charge on any atom is 0.248 e. The summed E-state index contributed by atoms with van der Waals surface area (Å²) >= 11 is 3.97. The van der Waals surface area contributed by atoms with Gasteiger partial charge < -0.3 is 10.6 Å². The number of amides is 1. The molecule has 0 spiro atoms. The number of anilines is 1. The molecule has 1 aromatic rings. The quantitative estimate of drug-likeness (QED) is 0.910. The van der Waals surface area contributed by atoms with E-state index in [1.807, 2.05) is 47.8 Å². The lowest BCUT2D eigenvalue weighted by molar-refractivity contribution is 0.100. The Balaban J connectivity index is 2.01. The van der Waals surface area contributed by atoms with E-state index in [0.717, 1.165) is 11.8 Å². The Labute approximate surface area is 123 Å². The van der Waals surface area contributed by atoms with Gasteiger partial charge in [0.05, 0.1) is 11.8 Å². The summed E-state index contributed by atoms with van der Waals surface area (Å²) in [5.41, 5.74) is 7.01. The molecular weight excluding hydrogens is 276 g/mol. The highest BCUT2D eigenvalue weighted by Gasteiger charge is 2.09. The fourth-order valence-electron chi connectivity index (χ4n) is 1.96. The van der Waals surface area contributed by atoms with Crippen LogP contribution < -0.4 is 10.6 Å². The van der Waals surface area contributed by atoms with Crippen LogP contribution in [0, 0.1) is 0 Å². The van der Waals surface area contributed by atoms with Crippen LogP contribution in [0.25, 0.3) is 0 Å². The molecule has 1 saturated heterocycles. The first-order valence-electron chi connectivity index (χ1n) is 6.57. The van der Waals surface area contributed by atoms with Crippen molar-refractivity contribution in [1.29, 1.82) is 0 Å². The lowest BCUT2D eigenvalue weighted by Crippen LogP contribution is -2.23. The number of hydrogen-bond donors (Lipinski definition) is 1. The molecule has 0 atom stereocenters. The van der Waals surface area contributed by atoms with Crippen LogP contribution in [0.5, 0.6) is 0 Å². The molecule has 1 aromatic carbocycles. The molecule has 5 heteroatoms. The zero-order chi connectivity index (χ0) is 13.5. The molecule has 3 nitrogen and oxygen atoms in total. The average Bonchev–Trinajstić information content (AvgIpc) is 2.45. The van der Waals surface area contributed by atoms with Crippen LogP contribution in [0.3, 0.4) is 0 Å². The molecule has 19 heavy (non-hydrogen) atoms. The van der Waals surface area contributed by atoms with Gasteiger partial charge in [0.25, 0.3) is 0 Å². The minimum atomic E-state index is -0.365. The summed E-state index contributed by atoms with van der Waals surface area (Å²) in [5, 5.41) is 0. The van der Waals surface area contributed by atoms with Crippen LogP contribution in [0.4, 0.5) is 5.69 Å². The van der Waals surface area contributed by atoms with Gasteiger partial charge in [-0.3, -0.25) is 4.79 Å². The average molecular weight is 296 g/mol. The monoisotopic (exact) mass is 296 g/mol. The normalized spacial score (nSPS) is 18.0. The van der Waals surface area contributed by atoms with Crippen LogP contribution in [0.2, 0.25) is 0 Å². The van der Waals surface area contributed by atoms with E-state index in [1.54, 1.807) is 0 Å². The SMILES string of the molecule is NC(=O)c1ccc(N2CSCCCCCSC2)cc1. The third-order valence-electron chi connectivity index (χ3n) is 3.09. The predicted octanol–water partition coefficient (Wildman–Crippen LogP) is 3.16. The third-order valence-corrected chi connectivity index (χ3v) is 5.23. The lowest BCUT2D eigenvalue weighted by atomic mass is 10.2. The largest absolute Gasteiger partial charge is 0.366 e. The fraction of sp³-hybridized carbons (Fsp3) is 0.500. The molecule has 2 rings (SSSR count). The van der Waals surface area contributed by atoms with E-state index in [9.17, 15) is 4.79 Å². The van der Waals surface area contributed by atoms with E-state index in [-0.39, 0.29) is 5.91 Å². The van der Waals surface area contributed by atoms with Crippen molar-refractivity contribution in [3.05, 3.63) is 29.8 Å². The van der Waals surface area contributed by atoms with Crippen molar-refractivity contribution in [3.8, 4) is 0 Å². The zero-order valence-corrected chi connectivity index (χ0v) is 12.6. The number of nitrogens with zero attached hydrogens (tertiary/aromatic N) is 1. The molecule has 2 N–H and O–H groups in total. The fourth-order valence-corrected chi connectivity index (χ4v) is 4.07. The number of carbonyl (C=O) groups is 1. The summed E-state index contributed by atoms with van der Waals surface area (Å²) in [5.74, 6) is 4.14. The number of benzene rings is 1. The Morgan fingerprint density at radius 1 is 1.00 bits per heavy atom. The summed E-state index contributed by atoms with van der Waals surface area (Å²) in [6.45, 7) is 0. The van der Waals surface area contributed by atoms with E-state index in [2.05, 4.69) is 4.90 Å². The second kappa shape index (κ2) is 7.70. The van der Waals surface area contributed by atoms with E-state index < -0.39 is 0 Å². The van der Waals surface area contributed by atoms with Gasteiger partial charge in [-0.2, -0.15) is 0 Å². The van der Waals surface area contributed by atoms with Crippen LogP contribution in [0.1, 0.15) is 29.6 Å². The van der Waals surface area contributed by atoms with Gasteiger partial charge in [-0.25, -0.2) is 0 Å². The first kappa shape index (κ1) is 14.6. The van der Waals surface area contributed by atoms with Crippen LogP contribution in [-0.4, -0.2) is 29.2 Å². The lowest BCUT2D eigenvalue weighted by Gasteiger charge is -2.25. The number of primary amides is 1. The predicted molar refractivity (Wildman–Crippen MR) is 85.9 cm³/mol. The van der Waals surface area contributed by atoms with Gasteiger partial charge in [0.2, 0.25) is 5.91 Å². The smallest absolute Gasteiger partial charge is 0.248 e. The summed E-state index contributed by atoms with van der Waals surface area (Å²) in [7, 11) is 0. The molecule has 0 unspecified atom stereocenters. The highest BCUT2D eigenvalue weighted by molar-refractivity contribution is 8.00. The topological polar surface area (TPSA) is 46.3 Å². The molecule has 1 aliphatic heterocycles. The van der Waals surface area contributed by atoms with Crippen molar-refractivity contribution in [2.24, 2.45) is 5.73 Å². The number of nitrogens with two attached hydrogens (primary N) is 1. The van der Waals surface area contributed by atoms with Crippen molar-refractivity contribution >= 4 is 35.1 Å². The molecule has 104 valence electrons. The summed E-state index contributed by atoms with van der Waals surface area (Å²) in [6, 6.07) is 7.61. The number of thioether (sulfide) groups is 2. The second-order valence-corrected chi connectivity index (χ2v) is 6.74. The van der Waals surface area contributed by atoms with Crippen molar-refractivity contribution in [3.63, 3.8) is 0 Å². The molecule has 1 amide bonds. The van der Waals surface area contributed by atoms with Crippen molar-refractivity contribution < 1.29 is 4.79 Å². The molecule has 0 aliphatic carbocycles. The van der Waals surface area contributed by atoms with Gasteiger partial charge in [-0.05, 0) is 48.6 Å². The van der Waals surface area contributed by atoms with Crippen LogP contribution in [-0.2, 0) is 0 Å². The van der Waals surface area contributed by atoms with E-state index in [1.165, 1.54) is 36.5 Å².